The number of carboxylic acids is 1. The van der Waals surface area contributed by atoms with Gasteiger partial charge in [0.05, 0.1) is 21.5 Å². The van der Waals surface area contributed by atoms with Gasteiger partial charge in [-0.15, -0.1) is 0 Å². The van der Waals surface area contributed by atoms with Gasteiger partial charge in [-0.05, 0) is 49.2 Å². The lowest BCUT2D eigenvalue weighted by Gasteiger charge is -2.14. The molecule has 2 aromatic carbocycles. The van der Waals surface area contributed by atoms with Crippen molar-refractivity contribution in [2.45, 2.75) is 45.4 Å². The van der Waals surface area contributed by atoms with Crippen LogP contribution in [-0.2, 0) is 4.79 Å². The SMILES string of the molecule is CCCCCC(C(=O)O)c1c(C)n(C(=O)c2ccc(Cl)c(Cl)c2)c2ccc(O)c(F)c12. The fourth-order valence-corrected chi connectivity index (χ4v) is 4.21. The predicted molar refractivity (Wildman–Crippen MR) is 119 cm³/mol. The van der Waals surface area contributed by atoms with Gasteiger partial charge in [0.2, 0.25) is 0 Å². The summed E-state index contributed by atoms with van der Waals surface area (Å²) >= 11 is 12.0. The van der Waals surface area contributed by atoms with E-state index in [1.165, 1.54) is 28.8 Å². The molecule has 0 aliphatic carbocycles. The summed E-state index contributed by atoms with van der Waals surface area (Å²) < 4.78 is 16.3. The number of hydrogen-bond donors (Lipinski definition) is 2. The summed E-state index contributed by atoms with van der Waals surface area (Å²) in [6.07, 6.45) is 2.66. The molecule has 1 heterocycles. The molecule has 3 aromatic rings. The molecule has 1 atom stereocenters. The highest BCUT2D eigenvalue weighted by Crippen LogP contribution is 2.39. The molecule has 2 N–H and O–H groups in total. The lowest BCUT2D eigenvalue weighted by atomic mass is 9.90. The minimum atomic E-state index is -1.11. The maximum atomic E-state index is 15.0. The van der Waals surface area contributed by atoms with E-state index >= 15 is 4.39 Å². The Balaban J connectivity index is 2.27. The van der Waals surface area contributed by atoms with Crippen molar-refractivity contribution in [1.82, 2.24) is 4.57 Å². The van der Waals surface area contributed by atoms with E-state index < -0.39 is 29.4 Å². The lowest BCUT2D eigenvalue weighted by molar-refractivity contribution is -0.139. The molecule has 1 unspecified atom stereocenters. The third kappa shape index (κ3) is 4.27. The van der Waals surface area contributed by atoms with Crippen LogP contribution in [-0.4, -0.2) is 26.7 Å². The van der Waals surface area contributed by atoms with Gasteiger partial charge in [0.25, 0.3) is 5.91 Å². The van der Waals surface area contributed by atoms with Gasteiger partial charge in [0, 0.05) is 16.6 Å². The molecule has 0 aliphatic rings. The number of carbonyl (C=O) groups excluding carboxylic acids is 1. The van der Waals surface area contributed by atoms with Crippen molar-refractivity contribution < 1.29 is 24.2 Å². The Kier molecular flexibility index (Phi) is 6.92. The Morgan fingerprint density at radius 2 is 1.84 bits per heavy atom. The summed E-state index contributed by atoms with van der Waals surface area (Å²) in [5.41, 5.74) is 0.896. The maximum Gasteiger partial charge on any atom is 0.311 e. The zero-order valence-corrected chi connectivity index (χ0v) is 18.6. The molecule has 0 saturated carbocycles. The number of phenolic OH excluding ortho intramolecular Hbond substituents is 1. The number of carbonyl (C=O) groups is 2. The predicted octanol–water partition coefficient (Wildman–Crippen LogP) is 6.54. The number of phenols is 1. The van der Waals surface area contributed by atoms with Crippen LogP contribution in [0.25, 0.3) is 10.9 Å². The third-order valence-corrected chi connectivity index (χ3v) is 6.19. The van der Waals surface area contributed by atoms with Crippen LogP contribution in [0.1, 0.15) is 60.1 Å². The molecule has 164 valence electrons. The molecule has 8 heteroatoms. The highest BCUT2D eigenvalue weighted by Gasteiger charge is 2.31. The first-order valence-corrected chi connectivity index (χ1v) is 10.7. The summed E-state index contributed by atoms with van der Waals surface area (Å²) in [7, 11) is 0. The fourth-order valence-electron chi connectivity index (χ4n) is 3.92. The average Bonchev–Trinajstić information content (AvgIpc) is 3.02. The van der Waals surface area contributed by atoms with Gasteiger partial charge < -0.3 is 10.2 Å². The van der Waals surface area contributed by atoms with Gasteiger partial charge in [-0.25, -0.2) is 4.39 Å². The average molecular weight is 466 g/mol. The van der Waals surface area contributed by atoms with Crippen LogP contribution in [0.4, 0.5) is 4.39 Å². The number of aromatic nitrogens is 1. The number of nitrogens with zero attached hydrogens (tertiary/aromatic N) is 1. The van der Waals surface area contributed by atoms with E-state index in [1.807, 2.05) is 6.92 Å². The summed E-state index contributed by atoms with van der Waals surface area (Å²) in [5.74, 6) is -4.19. The molecule has 31 heavy (non-hydrogen) atoms. The molecule has 0 spiro atoms. The smallest absolute Gasteiger partial charge is 0.311 e. The van der Waals surface area contributed by atoms with Gasteiger partial charge in [-0.1, -0.05) is 49.4 Å². The largest absolute Gasteiger partial charge is 0.505 e. The Labute approximate surface area is 189 Å². The second-order valence-electron chi connectivity index (χ2n) is 7.45. The first kappa shape index (κ1) is 23.1. The van der Waals surface area contributed by atoms with Gasteiger partial charge in [0.15, 0.2) is 11.6 Å². The minimum absolute atomic E-state index is 0.0604. The second-order valence-corrected chi connectivity index (χ2v) is 8.26. The van der Waals surface area contributed by atoms with Crippen LogP contribution in [0.5, 0.6) is 5.75 Å². The number of rotatable bonds is 7. The van der Waals surface area contributed by atoms with E-state index in [-0.39, 0.29) is 32.1 Å². The molecule has 0 aliphatic heterocycles. The highest BCUT2D eigenvalue weighted by molar-refractivity contribution is 6.42. The molecule has 1 aromatic heterocycles. The molecule has 0 saturated heterocycles. The van der Waals surface area contributed by atoms with Gasteiger partial charge in [-0.3, -0.25) is 14.2 Å². The first-order valence-electron chi connectivity index (χ1n) is 9.93. The van der Waals surface area contributed by atoms with Gasteiger partial charge in [-0.2, -0.15) is 0 Å². The fraction of sp³-hybridized carbons (Fsp3) is 0.304. The van der Waals surface area contributed by atoms with Crippen molar-refractivity contribution >= 4 is 46.0 Å². The number of fused-ring (bicyclic) bond motifs is 1. The summed E-state index contributed by atoms with van der Waals surface area (Å²) in [4.78, 5) is 25.4. The van der Waals surface area contributed by atoms with Crippen molar-refractivity contribution in [2.75, 3.05) is 0 Å². The number of halogens is 3. The van der Waals surface area contributed by atoms with Gasteiger partial charge >= 0.3 is 5.97 Å². The van der Waals surface area contributed by atoms with Crippen molar-refractivity contribution in [3.05, 3.63) is 63.0 Å². The number of aliphatic carboxylic acids is 1. The van der Waals surface area contributed by atoms with Crippen molar-refractivity contribution in [3.8, 4) is 5.75 Å². The number of benzene rings is 2. The topological polar surface area (TPSA) is 79.5 Å². The van der Waals surface area contributed by atoms with E-state index in [2.05, 4.69) is 0 Å². The molecular formula is C23H22Cl2FNO4. The molecular weight excluding hydrogens is 444 g/mol. The summed E-state index contributed by atoms with van der Waals surface area (Å²) in [6, 6.07) is 6.94. The zero-order valence-electron chi connectivity index (χ0n) is 17.1. The molecule has 0 radical (unpaired) electrons. The Hall–Kier alpha value is -2.57. The lowest BCUT2D eigenvalue weighted by Crippen LogP contribution is -2.16. The molecule has 3 rings (SSSR count). The Morgan fingerprint density at radius 3 is 2.45 bits per heavy atom. The van der Waals surface area contributed by atoms with E-state index in [4.69, 9.17) is 23.2 Å². The number of aromatic hydroxyl groups is 1. The number of unbranched alkanes of at least 4 members (excludes halogenated alkanes) is 2. The van der Waals surface area contributed by atoms with E-state index in [0.29, 0.717) is 18.5 Å². The molecule has 0 bridgehead atoms. The van der Waals surface area contributed by atoms with Crippen LogP contribution in [0.15, 0.2) is 30.3 Å². The normalized spacial score (nSPS) is 12.3. The van der Waals surface area contributed by atoms with E-state index in [0.717, 1.165) is 18.9 Å². The summed E-state index contributed by atoms with van der Waals surface area (Å²) in [5, 5.41) is 20.3. The maximum absolute atomic E-state index is 15.0. The number of carboxylic acid groups (broad SMARTS) is 1. The number of hydrogen-bond acceptors (Lipinski definition) is 3. The van der Waals surface area contributed by atoms with Crippen LogP contribution in [0, 0.1) is 12.7 Å². The van der Waals surface area contributed by atoms with Crippen LogP contribution in [0.3, 0.4) is 0 Å². The van der Waals surface area contributed by atoms with Crippen molar-refractivity contribution in [3.63, 3.8) is 0 Å². The van der Waals surface area contributed by atoms with Crippen molar-refractivity contribution in [2.24, 2.45) is 0 Å². The van der Waals surface area contributed by atoms with Crippen molar-refractivity contribution in [1.29, 1.82) is 0 Å². The van der Waals surface area contributed by atoms with Crippen LogP contribution < -0.4 is 0 Å². The standard InChI is InChI=1S/C23H22Cl2FNO4/c1-3-4-5-6-14(23(30)31)19-12(2)27(17-9-10-18(28)21(26)20(17)19)22(29)13-7-8-15(24)16(25)11-13/h7-11,14,28H,3-6H2,1-2H3,(H,30,31). The van der Waals surface area contributed by atoms with Crippen LogP contribution in [0.2, 0.25) is 10.0 Å². The monoisotopic (exact) mass is 465 g/mol. The molecule has 5 nitrogen and oxygen atoms in total. The highest BCUT2D eigenvalue weighted by atomic mass is 35.5. The second kappa shape index (κ2) is 9.28. The first-order chi connectivity index (χ1) is 14.7. The Bertz CT molecular complexity index is 1170. The summed E-state index contributed by atoms with van der Waals surface area (Å²) in [6.45, 7) is 3.58. The zero-order chi connectivity index (χ0) is 22.9. The van der Waals surface area contributed by atoms with E-state index in [9.17, 15) is 19.8 Å². The van der Waals surface area contributed by atoms with Crippen LogP contribution >= 0.6 is 23.2 Å². The van der Waals surface area contributed by atoms with E-state index in [1.54, 1.807) is 6.92 Å². The quantitative estimate of drug-likeness (QED) is 0.388. The third-order valence-electron chi connectivity index (χ3n) is 5.45. The minimum Gasteiger partial charge on any atom is -0.505 e. The molecule has 0 fully saturated rings. The van der Waals surface area contributed by atoms with Gasteiger partial charge in [0.1, 0.15) is 0 Å². The molecule has 0 amide bonds. The Morgan fingerprint density at radius 1 is 1.13 bits per heavy atom.